The van der Waals surface area contributed by atoms with Gasteiger partial charge in [-0.15, -0.1) is 0 Å². The van der Waals surface area contributed by atoms with E-state index in [0.717, 1.165) is 17.9 Å². The second-order valence-electron chi connectivity index (χ2n) is 6.40. The number of nitrogens with one attached hydrogen (secondary N) is 1. The van der Waals surface area contributed by atoms with Gasteiger partial charge in [-0.2, -0.15) is 0 Å². The second-order valence-corrected chi connectivity index (χ2v) is 6.40. The predicted molar refractivity (Wildman–Crippen MR) is 83.3 cm³/mol. The van der Waals surface area contributed by atoms with Crippen molar-refractivity contribution in [2.24, 2.45) is 11.8 Å². The summed E-state index contributed by atoms with van der Waals surface area (Å²) >= 11 is 0. The molecule has 1 fully saturated rings. The summed E-state index contributed by atoms with van der Waals surface area (Å²) in [6.07, 6.45) is 8.08. The molecule has 1 heteroatoms. The van der Waals surface area contributed by atoms with Crippen LogP contribution in [0.2, 0.25) is 0 Å². The molecule has 0 saturated heterocycles. The minimum absolute atomic E-state index is 0.783. The maximum Gasteiger partial charge on any atom is 0.00672 e. The van der Waals surface area contributed by atoms with E-state index in [4.69, 9.17) is 0 Å². The Labute approximate surface area is 118 Å². The lowest BCUT2D eigenvalue weighted by Crippen LogP contribution is -2.34. The summed E-state index contributed by atoms with van der Waals surface area (Å²) in [5.41, 5.74) is 1.47. The Balaban J connectivity index is 1.57. The maximum atomic E-state index is 3.75. The van der Waals surface area contributed by atoms with Gasteiger partial charge in [0.05, 0.1) is 0 Å². The second kappa shape index (κ2) is 7.69. The van der Waals surface area contributed by atoms with Crippen molar-refractivity contribution >= 4 is 0 Å². The molecule has 1 saturated carbocycles. The van der Waals surface area contributed by atoms with Gasteiger partial charge in [0.25, 0.3) is 0 Å². The van der Waals surface area contributed by atoms with Crippen molar-refractivity contribution < 1.29 is 0 Å². The van der Waals surface area contributed by atoms with Gasteiger partial charge in [-0.1, -0.05) is 44.2 Å². The van der Waals surface area contributed by atoms with Crippen LogP contribution in [0.5, 0.6) is 0 Å². The highest BCUT2D eigenvalue weighted by molar-refractivity contribution is 5.14. The molecule has 1 nitrogen and oxygen atoms in total. The zero-order valence-electron chi connectivity index (χ0n) is 12.6. The van der Waals surface area contributed by atoms with E-state index in [1.54, 1.807) is 0 Å². The van der Waals surface area contributed by atoms with Crippen molar-refractivity contribution in [1.82, 2.24) is 5.32 Å². The van der Waals surface area contributed by atoms with E-state index in [2.05, 4.69) is 49.5 Å². The topological polar surface area (TPSA) is 12.0 Å². The van der Waals surface area contributed by atoms with Crippen LogP contribution in [0.1, 0.15) is 51.5 Å². The summed E-state index contributed by atoms with van der Waals surface area (Å²) in [5.74, 6) is 1.85. The van der Waals surface area contributed by atoms with Gasteiger partial charge in [-0.05, 0) is 62.5 Å². The third-order valence-corrected chi connectivity index (χ3v) is 4.63. The Bertz CT molecular complexity index is 336. The molecule has 1 N–H and O–H groups in total. The molecule has 0 atom stereocenters. The molecule has 1 aromatic rings. The number of aryl methyl sites for hydroxylation is 1. The largest absolute Gasteiger partial charge is 0.314 e. The molecular weight excluding hydrogens is 230 g/mol. The molecule has 0 aromatic heterocycles. The van der Waals surface area contributed by atoms with Crippen LogP contribution in [0.4, 0.5) is 0 Å². The molecule has 0 spiro atoms. The summed E-state index contributed by atoms with van der Waals surface area (Å²) in [5, 5.41) is 3.75. The van der Waals surface area contributed by atoms with Crippen LogP contribution < -0.4 is 5.32 Å². The molecular formula is C18H29N. The summed E-state index contributed by atoms with van der Waals surface area (Å²) in [4.78, 5) is 0. The average Bonchev–Trinajstić information content (AvgIpc) is 2.45. The molecule has 0 unspecified atom stereocenters. The highest BCUT2D eigenvalue weighted by Gasteiger charge is 2.22. The van der Waals surface area contributed by atoms with Gasteiger partial charge in [-0.3, -0.25) is 0 Å². The number of hydrogen-bond donors (Lipinski definition) is 1. The standard InChI is InChI=1S/C18H29N/c1-15(2)17-10-12-18(13-11-17)19-14-6-9-16-7-4-3-5-8-16/h3-5,7-8,15,17-19H,6,9-14H2,1-2H3. The molecule has 0 aliphatic heterocycles. The maximum absolute atomic E-state index is 3.75. The first-order valence-corrected chi connectivity index (χ1v) is 8.03. The fraction of sp³-hybridized carbons (Fsp3) is 0.667. The van der Waals surface area contributed by atoms with Crippen molar-refractivity contribution in [2.75, 3.05) is 6.54 Å². The Kier molecular flexibility index (Phi) is 5.91. The lowest BCUT2D eigenvalue weighted by Gasteiger charge is -2.31. The highest BCUT2D eigenvalue weighted by Crippen LogP contribution is 2.29. The average molecular weight is 259 g/mol. The van der Waals surface area contributed by atoms with Crippen LogP contribution in [0, 0.1) is 11.8 Å². The monoisotopic (exact) mass is 259 g/mol. The first-order chi connectivity index (χ1) is 9.25. The van der Waals surface area contributed by atoms with Gasteiger partial charge in [0.1, 0.15) is 0 Å². The molecule has 19 heavy (non-hydrogen) atoms. The fourth-order valence-corrected chi connectivity index (χ4v) is 3.23. The van der Waals surface area contributed by atoms with E-state index in [0.29, 0.717) is 0 Å². The third-order valence-electron chi connectivity index (χ3n) is 4.63. The Morgan fingerprint density at radius 1 is 1.05 bits per heavy atom. The van der Waals surface area contributed by atoms with Crippen LogP contribution in [0.25, 0.3) is 0 Å². The van der Waals surface area contributed by atoms with Gasteiger partial charge in [0.2, 0.25) is 0 Å². The summed E-state index contributed by atoms with van der Waals surface area (Å²) in [6.45, 7) is 5.92. The summed E-state index contributed by atoms with van der Waals surface area (Å²) in [7, 11) is 0. The Morgan fingerprint density at radius 2 is 1.74 bits per heavy atom. The normalized spacial score (nSPS) is 23.7. The Morgan fingerprint density at radius 3 is 2.37 bits per heavy atom. The van der Waals surface area contributed by atoms with E-state index in [9.17, 15) is 0 Å². The first-order valence-electron chi connectivity index (χ1n) is 8.03. The fourth-order valence-electron chi connectivity index (χ4n) is 3.23. The van der Waals surface area contributed by atoms with Crippen molar-refractivity contribution in [2.45, 2.75) is 58.4 Å². The highest BCUT2D eigenvalue weighted by atomic mass is 14.9. The van der Waals surface area contributed by atoms with Crippen molar-refractivity contribution in [3.63, 3.8) is 0 Å². The zero-order valence-corrected chi connectivity index (χ0v) is 12.6. The molecule has 1 aliphatic rings. The Hall–Kier alpha value is -0.820. The predicted octanol–water partition coefficient (Wildman–Crippen LogP) is 4.42. The van der Waals surface area contributed by atoms with Gasteiger partial charge in [-0.25, -0.2) is 0 Å². The minimum Gasteiger partial charge on any atom is -0.314 e. The summed E-state index contributed by atoms with van der Waals surface area (Å²) < 4.78 is 0. The van der Waals surface area contributed by atoms with Gasteiger partial charge in [0, 0.05) is 6.04 Å². The molecule has 0 radical (unpaired) electrons. The number of rotatable bonds is 6. The van der Waals surface area contributed by atoms with Crippen molar-refractivity contribution in [3.05, 3.63) is 35.9 Å². The van der Waals surface area contributed by atoms with E-state index in [-0.39, 0.29) is 0 Å². The smallest absolute Gasteiger partial charge is 0.00672 e. The van der Waals surface area contributed by atoms with Crippen LogP contribution >= 0.6 is 0 Å². The molecule has 2 rings (SSSR count). The molecule has 106 valence electrons. The van der Waals surface area contributed by atoms with E-state index < -0.39 is 0 Å². The van der Waals surface area contributed by atoms with Crippen molar-refractivity contribution in [3.8, 4) is 0 Å². The van der Waals surface area contributed by atoms with Crippen LogP contribution in [0.15, 0.2) is 30.3 Å². The van der Waals surface area contributed by atoms with Crippen LogP contribution in [0.3, 0.4) is 0 Å². The zero-order chi connectivity index (χ0) is 13.5. The molecule has 1 aliphatic carbocycles. The van der Waals surface area contributed by atoms with Crippen LogP contribution in [-0.2, 0) is 6.42 Å². The first kappa shape index (κ1) is 14.6. The minimum atomic E-state index is 0.783. The number of hydrogen-bond acceptors (Lipinski definition) is 1. The lowest BCUT2D eigenvalue weighted by atomic mass is 9.80. The van der Waals surface area contributed by atoms with Gasteiger partial charge >= 0.3 is 0 Å². The third kappa shape index (κ3) is 4.99. The van der Waals surface area contributed by atoms with Crippen molar-refractivity contribution in [1.29, 1.82) is 0 Å². The van der Waals surface area contributed by atoms with Gasteiger partial charge < -0.3 is 5.32 Å². The molecule has 1 aromatic carbocycles. The SMILES string of the molecule is CC(C)C1CCC(NCCCc2ccccc2)CC1. The van der Waals surface area contributed by atoms with E-state index in [1.807, 2.05) is 0 Å². The van der Waals surface area contributed by atoms with E-state index >= 15 is 0 Å². The lowest BCUT2D eigenvalue weighted by molar-refractivity contribution is 0.239. The number of benzene rings is 1. The summed E-state index contributed by atoms with van der Waals surface area (Å²) in [6, 6.07) is 11.6. The molecule has 0 bridgehead atoms. The van der Waals surface area contributed by atoms with Gasteiger partial charge in [0.15, 0.2) is 0 Å². The molecule has 0 amide bonds. The quantitative estimate of drug-likeness (QED) is 0.746. The molecule has 0 heterocycles. The van der Waals surface area contributed by atoms with Crippen LogP contribution in [-0.4, -0.2) is 12.6 Å². The van der Waals surface area contributed by atoms with E-state index in [1.165, 1.54) is 50.6 Å².